The van der Waals surface area contributed by atoms with Gasteiger partial charge < -0.3 is 0 Å². The van der Waals surface area contributed by atoms with E-state index in [1.807, 2.05) is 0 Å². The average Bonchev–Trinajstić information content (AvgIpc) is 2.65. The number of rotatable bonds is 8. The number of allylic oxidation sites excluding steroid dienone is 3. The Labute approximate surface area is 166 Å². The summed E-state index contributed by atoms with van der Waals surface area (Å²) in [6.07, 6.45) is 7.46. The standard InChI is InChI=1S/C26H35N/c1-8-18(4)15-23(9-2)26-19(5)16-22(17-24(26)10-3)12-14-25-13-11-20(6)27-21(25)7/h9,11,13,16-17H,4,8,10,12,14-15H2,1-3,5-7H3/b23-9-. The molecule has 0 aliphatic rings. The SMILES string of the molecule is C=C(CC)C/C(=C/C)c1c(C)cc(CCc2ccc(C)nc2C)cc1CC. The molecule has 0 aliphatic carbocycles. The molecule has 1 heterocycles. The smallest absolute Gasteiger partial charge is 0.0407 e. The van der Waals surface area contributed by atoms with Gasteiger partial charge in [0, 0.05) is 11.4 Å². The molecule has 0 aliphatic heterocycles. The lowest BCUT2D eigenvalue weighted by Crippen LogP contribution is -2.02. The van der Waals surface area contributed by atoms with Gasteiger partial charge in [0.05, 0.1) is 0 Å². The Morgan fingerprint density at radius 3 is 2.37 bits per heavy atom. The van der Waals surface area contributed by atoms with Crippen molar-refractivity contribution < 1.29 is 0 Å². The minimum Gasteiger partial charge on any atom is -0.258 e. The van der Waals surface area contributed by atoms with Gasteiger partial charge in [-0.25, -0.2) is 0 Å². The molecule has 144 valence electrons. The summed E-state index contributed by atoms with van der Waals surface area (Å²) in [6.45, 7) is 17.3. The highest BCUT2D eigenvalue weighted by molar-refractivity contribution is 5.72. The Morgan fingerprint density at radius 2 is 1.78 bits per heavy atom. The Hall–Kier alpha value is -2.15. The molecule has 1 aromatic carbocycles. The molecule has 0 bridgehead atoms. The predicted octanol–water partition coefficient (Wildman–Crippen LogP) is 7.11. The van der Waals surface area contributed by atoms with Crippen molar-refractivity contribution in [1.82, 2.24) is 4.98 Å². The van der Waals surface area contributed by atoms with Crippen LogP contribution in [-0.4, -0.2) is 4.98 Å². The lowest BCUT2D eigenvalue weighted by atomic mass is 9.87. The Balaban J connectivity index is 2.28. The predicted molar refractivity (Wildman–Crippen MR) is 119 cm³/mol. The zero-order valence-electron chi connectivity index (χ0n) is 18.1. The van der Waals surface area contributed by atoms with E-state index in [0.29, 0.717) is 0 Å². The van der Waals surface area contributed by atoms with Gasteiger partial charge in [-0.15, -0.1) is 0 Å². The Kier molecular flexibility index (Phi) is 7.59. The molecular formula is C26H35N. The van der Waals surface area contributed by atoms with Crippen LogP contribution in [0.2, 0.25) is 0 Å². The van der Waals surface area contributed by atoms with E-state index in [1.165, 1.54) is 39.0 Å². The van der Waals surface area contributed by atoms with Gasteiger partial charge in [-0.3, -0.25) is 4.98 Å². The third kappa shape index (κ3) is 5.42. The molecule has 0 radical (unpaired) electrons. The molecular weight excluding hydrogens is 326 g/mol. The molecule has 1 aromatic heterocycles. The normalized spacial score (nSPS) is 11.7. The monoisotopic (exact) mass is 361 g/mol. The number of benzene rings is 1. The lowest BCUT2D eigenvalue weighted by molar-refractivity contribution is 0.916. The number of hydrogen-bond acceptors (Lipinski definition) is 1. The fourth-order valence-electron chi connectivity index (χ4n) is 3.81. The van der Waals surface area contributed by atoms with Crippen LogP contribution in [0.25, 0.3) is 5.57 Å². The van der Waals surface area contributed by atoms with Crippen LogP contribution in [0.4, 0.5) is 0 Å². The van der Waals surface area contributed by atoms with Gasteiger partial charge >= 0.3 is 0 Å². The Bertz CT molecular complexity index is 840. The third-order valence-corrected chi connectivity index (χ3v) is 5.49. The fourth-order valence-corrected chi connectivity index (χ4v) is 3.81. The van der Waals surface area contributed by atoms with Crippen molar-refractivity contribution in [3.05, 3.63) is 81.7 Å². The molecule has 2 rings (SSSR count). The van der Waals surface area contributed by atoms with Gasteiger partial charge in [-0.2, -0.15) is 0 Å². The highest BCUT2D eigenvalue weighted by atomic mass is 14.7. The van der Waals surface area contributed by atoms with E-state index in [4.69, 9.17) is 0 Å². The summed E-state index contributed by atoms with van der Waals surface area (Å²) in [6, 6.07) is 9.14. The van der Waals surface area contributed by atoms with Crippen molar-refractivity contribution in [2.45, 2.75) is 73.6 Å². The maximum absolute atomic E-state index is 4.61. The fraction of sp³-hybridized carbons (Fsp3) is 0.423. The number of nitrogens with zero attached hydrogens (tertiary/aromatic N) is 1. The van der Waals surface area contributed by atoms with Crippen LogP contribution < -0.4 is 0 Å². The number of aromatic nitrogens is 1. The van der Waals surface area contributed by atoms with E-state index in [-0.39, 0.29) is 0 Å². The molecule has 0 atom stereocenters. The summed E-state index contributed by atoms with van der Waals surface area (Å²) >= 11 is 0. The molecule has 0 saturated heterocycles. The van der Waals surface area contributed by atoms with Crippen LogP contribution >= 0.6 is 0 Å². The molecule has 0 amide bonds. The molecule has 0 fully saturated rings. The molecule has 2 aromatic rings. The summed E-state index contributed by atoms with van der Waals surface area (Å²) in [7, 11) is 0. The van der Waals surface area contributed by atoms with Gasteiger partial charge in [-0.1, -0.05) is 50.3 Å². The van der Waals surface area contributed by atoms with Crippen molar-refractivity contribution in [3.8, 4) is 0 Å². The van der Waals surface area contributed by atoms with E-state index in [9.17, 15) is 0 Å². The molecule has 1 heteroatoms. The van der Waals surface area contributed by atoms with Crippen LogP contribution in [0.15, 0.2) is 42.5 Å². The summed E-state index contributed by atoms with van der Waals surface area (Å²) in [5.74, 6) is 0. The second-order valence-electron chi connectivity index (χ2n) is 7.59. The minimum absolute atomic E-state index is 0.981. The van der Waals surface area contributed by atoms with Gasteiger partial charge in [0.25, 0.3) is 0 Å². The van der Waals surface area contributed by atoms with Crippen molar-refractivity contribution in [2.75, 3.05) is 0 Å². The number of pyridine rings is 1. The van der Waals surface area contributed by atoms with E-state index in [1.54, 1.807) is 0 Å². The summed E-state index contributed by atoms with van der Waals surface area (Å²) in [5, 5.41) is 0. The van der Waals surface area contributed by atoms with Crippen LogP contribution in [0.1, 0.15) is 72.8 Å². The summed E-state index contributed by atoms with van der Waals surface area (Å²) < 4.78 is 0. The van der Waals surface area contributed by atoms with Gasteiger partial charge in [-0.05, 0) is 99.3 Å². The van der Waals surface area contributed by atoms with Gasteiger partial charge in [0.15, 0.2) is 0 Å². The quantitative estimate of drug-likeness (QED) is 0.456. The maximum atomic E-state index is 4.61. The van der Waals surface area contributed by atoms with E-state index in [0.717, 1.165) is 43.5 Å². The van der Waals surface area contributed by atoms with Crippen molar-refractivity contribution in [2.24, 2.45) is 0 Å². The van der Waals surface area contributed by atoms with E-state index >= 15 is 0 Å². The number of hydrogen-bond donors (Lipinski definition) is 0. The molecule has 1 nitrogen and oxygen atoms in total. The summed E-state index contributed by atoms with van der Waals surface area (Å²) in [5.41, 5.74) is 12.0. The third-order valence-electron chi connectivity index (χ3n) is 5.49. The first-order chi connectivity index (χ1) is 12.9. The van der Waals surface area contributed by atoms with Crippen molar-refractivity contribution in [3.63, 3.8) is 0 Å². The zero-order valence-corrected chi connectivity index (χ0v) is 18.1. The first kappa shape index (κ1) is 21.2. The van der Waals surface area contributed by atoms with Crippen molar-refractivity contribution in [1.29, 1.82) is 0 Å². The van der Waals surface area contributed by atoms with Crippen LogP contribution in [0, 0.1) is 20.8 Å². The van der Waals surface area contributed by atoms with Crippen LogP contribution in [-0.2, 0) is 19.3 Å². The topological polar surface area (TPSA) is 12.9 Å². The second-order valence-corrected chi connectivity index (χ2v) is 7.59. The first-order valence-electron chi connectivity index (χ1n) is 10.3. The summed E-state index contributed by atoms with van der Waals surface area (Å²) in [4.78, 5) is 4.61. The zero-order chi connectivity index (χ0) is 20.0. The minimum atomic E-state index is 0.981. The van der Waals surface area contributed by atoms with Crippen molar-refractivity contribution >= 4 is 5.57 Å². The largest absolute Gasteiger partial charge is 0.258 e. The second kappa shape index (κ2) is 9.69. The average molecular weight is 362 g/mol. The molecule has 0 N–H and O–H groups in total. The highest BCUT2D eigenvalue weighted by Gasteiger charge is 2.12. The molecule has 0 saturated carbocycles. The van der Waals surface area contributed by atoms with Crippen LogP contribution in [0.3, 0.4) is 0 Å². The van der Waals surface area contributed by atoms with E-state index in [2.05, 4.69) is 83.4 Å². The van der Waals surface area contributed by atoms with Crippen LogP contribution in [0.5, 0.6) is 0 Å². The molecule has 0 unspecified atom stereocenters. The Morgan fingerprint density at radius 1 is 1.04 bits per heavy atom. The molecule has 0 spiro atoms. The first-order valence-corrected chi connectivity index (χ1v) is 10.3. The molecule has 27 heavy (non-hydrogen) atoms. The van der Waals surface area contributed by atoms with E-state index < -0.39 is 0 Å². The van der Waals surface area contributed by atoms with Gasteiger partial charge in [0.1, 0.15) is 0 Å². The lowest BCUT2D eigenvalue weighted by Gasteiger charge is -2.18. The highest BCUT2D eigenvalue weighted by Crippen LogP contribution is 2.31. The maximum Gasteiger partial charge on any atom is 0.0407 e. The van der Waals surface area contributed by atoms with Gasteiger partial charge in [0.2, 0.25) is 0 Å². The number of aryl methyl sites for hydroxylation is 6.